The van der Waals surface area contributed by atoms with E-state index in [4.69, 9.17) is 4.74 Å². The summed E-state index contributed by atoms with van der Waals surface area (Å²) in [5, 5.41) is 8.13. The van der Waals surface area contributed by atoms with Crippen molar-refractivity contribution in [2.24, 2.45) is 0 Å². The third-order valence-corrected chi connectivity index (χ3v) is 2.48. The molecule has 1 aromatic rings. The molecule has 0 aliphatic heterocycles. The van der Waals surface area contributed by atoms with Crippen molar-refractivity contribution >= 4 is 17.6 Å². The van der Waals surface area contributed by atoms with Crippen LogP contribution in [0.2, 0.25) is 0 Å². The lowest BCUT2D eigenvalue weighted by molar-refractivity contribution is -0.120. The van der Waals surface area contributed by atoms with Crippen LogP contribution in [-0.2, 0) is 9.53 Å². The summed E-state index contributed by atoms with van der Waals surface area (Å²) in [4.78, 5) is 31.2. The SMILES string of the molecule is CCCNc1cnc(C(=O)NCC(=O)NCCOC)cn1. The first-order valence-corrected chi connectivity index (χ1v) is 6.77. The van der Waals surface area contributed by atoms with Gasteiger partial charge in [-0.1, -0.05) is 6.92 Å². The quantitative estimate of drug-likeness (QED) is 0.544. The van der Waals surface area contributed by atoms with Crippen molar-refractivity contribution in [1.29, 1.82) is 0 Å². The summed E-state index contributed by atoms with van der Waals surface area (Å²) in [6, 6.07) is 0. The average molecular weight is 295 g/mol. The number of nitrogens with one attached hydrogen (secondary N) is 3. The molecule has 1 rings (SSSR count). The molecule has 0 atom stereocenters. The summed E-state index contributed by atoms with van der Waals surface area (Å²) in [5.74, 6) is -0.105. The molecule has 3 N–H and O–H groups in total. The number of carbonyl (C=O) groups excluding carboxylic acids is 2. The number of ether oxygens (including phenoxy) is 1. The molecule has 0 spiro atoms. The van der Waals surface area contributed by atoms with Gasteiger partial charge >= 0.3 is 0 Å². The van der Waals surface area contributed by atoms with E-state index in [0.29, 0.717) is 19.0 Å². The molecule has 116 valence electrons. The molecule has 0 aliphatic rings. The lowest BCUT2D eigenvalue weighted by Gasteiger charge is -2.07. The number of anilines is 1. The van der Waals surface area contributed by atoms with Crippen molar-refractivity contribution < 1.29 is 14.3 Å². The van der Waals surface area contributed by atoms with Gasteiger partial charge in [0.1, 0.15) is 11.5 Å². The fraction of sp³-hybridized carbons (Fsp3) is 0.538. The molecule has 21 heavy (non-hydrogen) atoms. The van der Waals surface area contributed by atoms with Crippen molar-refractivity contribution in [3.05, 3.63) is 18.1 Å². The van der Waals surface area contributed by atoms with Gasteiger partial charge in [-0.3, -0.25) is 9.59 Å². The zero-order valence-corrected chi connectivity index (χ0v) is 12.3. The van der Waals surface area contributed by atoms with Gasteiger partial charge < -0.3 is 20.7 Å². The van der Waals surface area contributed by atoms with E-state index in [1.807, 2.05) is 6.92 Å². The highest BCUT2D eigenvalue weighted by Gasteiger charge is 2.09. The van der Waals surface area contributed by atoms with E-state index in [0.717, 1.165) is 13.0 Å². The van der Waals surface area contributed by atoms with Crippen LogP contribution in [0, 0.1) is 0 Å². The van der Waals surface area contributed by atoms with Crippen LogP contribution in [-0.4, -0.2) is 55.1 Å². The molecular formula is C13H21N5O3. The Morgan fingerprint density at radius 3 is 2.62 bits per heavy atom. The second-order valence-electron chi connectivity index (χ2n) is 4.24. The van der Waals surface area contributed by atoms with Gasteiger partial charge in [0.05, 0.1) is 25.5 Å². The Balaban J connectivity index is 2.36. The van der Waals surface area contributed by atoms with Crippen LogP contribution in [0.4, 0.5) is 5.82 Å². The van der Waals surface area contributed by atoms with Crippen LogP contribution in [0.5, 0.6) is 0 Å². The average Bonchev–Trinajstić information content (AvgIpc) is 2.51. The fourth-order valence-electron chi connectivity index (χ4n) is 1.40. The maximum absolute atomic E-state index is 11.8. The molecule has 0 saturated heterocycles. The lowest BCUT2D eigenvalue weighted by atomic mass is 10.4. The number of amides is 2. The Labute approximate surface area is 123 Å². The van der Waals surface area contributed by atoms with Gasteiger partial charge in [-0.2, -0.15) is 0 Å². The predicted molar refractivity (Wildman–Crippen MR) is 78.0 cm³/mol. The number of carbonyl (C=O) groups is 2. The molecule has 8 heteroatoms. The van der Waals surface area contributed by atoms with Gasteiger partial charge in [0.25, 0.3) is 5.91 Å². The van der Waals surface area contributed by atoms with Crippen LogP contribution < -0.4 is 16.0 Å². The molecular weight excluding hydrogens is 274 g/mol. The van der Waals surface area contributed by atoms with Crippen LogP contribution >= 0.6 is 0 Å². The highest BCUT2D eigenvalue weighted by atomic mass is 16.5. The first kappa shape index (κ1) is 16.8. The van der Waals surface area contributed by atoms with E-state index in [1.165, 1.54) is 12.4 Å². The van der Waals surface area contributed by atoms with Gasteiger partial charge in [-0.15, -0.1) is 0 Å². The smallest absolute Gasteiger partial charge is 0.271 e. The van der Waals surface area contributed by atoms with E-state index in [-0.39, 0.29) is 18.1 Å². The Kier molecular flexibility index (Phi) is 7.73. The third kappa shape index (κ3) is 6.66. The van der Waals surface area contributed by atoms with E-state index in [2.05, 4.69) is 25.9 Å². The molecule has 1 aromatic heterocycles. The monoisotopic (exact) mass is 295 g/mol. The summed E-state index contributed by atoms with van der Waals surface area (Å²) in [6.45, 7) is 3.56. The Morgan fingerprint density at radius 1 is 1.19 bits per heavy atom. The molecule has 0 aromatic carbocycles. The summed E-state index contributed by atoms with van der Waals surface area (Å²) in [5.41, 5.74) is 0.168. The molecule has 0 unspecified atom stereocenters. The number of aromatic nitrogens is 2. The van der Waals surface area contributed by atoms with E-state index >= 15 is 0 Å². The summed E-state index contributed by atoms with van der Waals surface area (Å²) in [6.07, 6.45) is 3.83. The van der Waals surface area contributed by atoms with Crippen LogP contribution in [0.15, 0.2) is 12.4 Å². The zero-order valence-electron chi connectivity index (χ0n) is 12.3. The number of hydrogen-bond acceptors (Lipinski definition) is 6. The zero-order chi connectivity index (χ0) is 15.5. The normalized spacial score (nSPS) is 10.0. The van der Waals surface area contributed by atoms with Gasteiger partial charge in [0.2, 0.25) is 5.91 Å². The van der Waals surface area contributed by atoms with E-state index in [1.54, 1.807) is 7.11 Å². The summed E-state index contributed by atoms with van der Waals surface area (Å²) < 4.78 is 4.80. The molecule has 0 aliphatic carbocycles. The van der Waals surface area contributed by atoms with Gasteiger partial charge in [-0.05, 0) is 6.42 Å². The number of methoxy groups -OCH3 is 1. The highest BCUT2D eigenvalue weighted by Crippen LogP contribution is 2.00. The standard InChI is InChI=1S/C13H21N5O3/c1-3-4-14-11-8-16-10(7-17-11)13(20)18-9-12(19)15-5-6-21-2/h7-8H,3-6,9H2,1-2H3,(H,14,17)(H,15,19)(H,18,20). The second-order valence-corrected chi connectivity index (χ2v) is 4.24. The molecule has 8 nitrogen and oxygen atoms in total. The maximum Gasteiger partial charge on any atom is 0.271 e. The van der Waals surface area contributed by atoms with Crippen molar-refractivity contribution in [1.82, 2.24) is 20.6 Å². The van der Waals surface area contributed by atoms with Crippen molar-refractivity contribution in [2.45, 2.75) is 13.3 Å². The Morgan fingerprint density at radius 2 is 2.00 bits per heavy atom. The molecule has 0 radical (unpaired) electrons. The lowest BCUT2D eigenvalue weighted by Crippen LogP contribution is -2.38. The molecule has 2 amide bonds. The van der Waals surface area contributed by atoms with Gasteiger partial charge in [0.15, 0.2) is 0 Å². The Bertz CT molecular complexity index is 450. The van der Waals surface area contributed by atoms with Crippen molar-refractivity contribution in [3.8, 4) is 0 Å². The third-order valence-electron chi connectivity index (χ3n) is 2.48. The predicted octanol–water partition coefficient (Wildman–Crippen LogP) is -0.209. The number of rotatable bonds is 9. The minimum atomic E-state index is -0.438. The van der Waals surface area contributed by atoms with Crippen LogP contribution in [0.1, 0.15) is 23.8 Å². The number of nitrogens with zero attached hydrogens (tertiary/aromatic N) is 2. The summed E-state index contributed by atoms with van der Waals surface area (Å²) in [7, 11) is 1.55. The van der Waals surface area contributed by atoms with Gasteiger partial charge in [0, 0.05) is 20.2 Å². The van der Waals surface area contributed by atoms with Gasteiger partial charge in [-0.25, -0.2) is 9.97 Å². The van der Waals surface area contributed by atoms with E-state index < -0.39 is 5.91 Å². The molecule has 1 heterocycles. The maximum atomic E-state index is 11.8. The minimum absolute atomic E-state index is 0.111. The first-order chi connectivity index (χ1) is 10.2. The van der Waals surface area contributed by atoms with Crippen LogP contribution in [0.25, 0.3) is 0 Å². The largest absolute Gasteiger partial charge is 0.383 e. The number of hydrogen-bond donors (Lipinski definition) is 3. The summed E-state index contributed by atoms with van der Waals surface area (Å²) >= 11 is 0. The van der Waals surface area contributed by atoms with Crippen molar-refractivity contribution in [3.63, 3.8) is 0 Å². The van der Waals surface area contributed by atoms with Crippen molar-refractivity contribution in [2.75, 3.05) is 38.7 Å². The Hall–Kier alpha value is -2.22. The molecule has 0 fully saturated rings. The highest BCUT2D eigenvalue weighted by molar-refractivity contribution is 5.94. The van der Waals surface area contributed by atoms with E-state index in [9.17, 15) is 9.59 Å². The minimum Gasteiger partial charge on any atom is -0.383 e. The fourth-order valence-corrected chi connectivity index (χ4v) is 1.40. The second kappa shape index (κ2) is 9.65. The molecule has 0 saturated carbocycles. The van der Waals surface area contributed by atoms with Crippen LogP contribution in [0.3, 0.4) is 0 Å². The first-order valence-electron chi connectivity index (χ1n) is 6.77. The topological polar surface area (TPSA) is 105 Å². The molecule has 0 bridgehead atoms.